The molecule has 1 aliphatic heterocycles. The van der Waals surface area contributed by atoms with Crippen molar-refractivity contribution in [2.75, 3.05) is 13.2 Å². The monoisotopic (exact) mass is 268 g/mol. The molecule has 0 radical (unpaired) electrons. The zero-order chi connectivity index (χ0) is 12.7. The van der Waals surface area contributed by atoms with Crippen molar-refractivity contribution in [2.45, 2.75) is 51.5 Å². The van der Waals surface area contributed by atoms with Gasteiger partial charge in [-0.25, -0.2) is 4.68 Å². The number of hydrogen-bond donors (Lipinski definition) is 0. The second-order valence-corrected chi connectivity index (χ2v) is 5.82. The van der Waals surface area contributed by atoms with Crippen molar-refractivity contribution in [1.82, 2.24) is 19.2 Å². The molecule has 100 valence electrons. The van der Waals surface area contributed by atoms with Crippen LogP contribution >= 0.6 is 12.2 Å². The first-order chi connectivity index (χ1) is 8.65. The van der Waals surface area contributed by atoms with Crippen LogP contribution in [0.1, 0.15) is 32.7 Å². The molecule has 0 amide bonds. The molecule has 18 heavy (non-hydrogen) atoms. The van der Waals surface area contributed by atoms with Crippen LogP contribution in [0.25, 0.3) is 0 Å². The maximum absolute atomic E-state index is 5.64. The molecule has 5 nitrogen and oxygen atoms in total. The van der Waals surface area contributed by atoms with Gasteiger partial charge < -0.3 is 9.30 Å². The Morgan fingerprint density at radius 2 is 2.22 bits per heavy atom. The van der Waals surface area contributed by atoms with E-state index < -0.39 is 0 Å². The van der Waals surface area contributed by atoms with Crippen LogP contribution in [-0.4, -0.2) is 44.5 Å². The minimum atomic E-state index is 0.292. The van der Waals surface area contributed by atoms with Gasteiger partial charge in [0.1, 0.15) is 6.33 Å². The summed E-state index contributed by atoms with van der Waals surface area (Å²) in [7, 11) is 0. The van der Waals surface area contributed by atoms with Crippen LogP contribution < -0.4 is 0 Å². The lowest BCUT2D eigenvalue weighted by Gasteiger charge is -2.36. The van der Waals surface area contributed by atoms with Gasteiger partial charge in [0.25, 0.3) is 0 Å². The van der Waals surface area contributed by atoms with Gasteiger partial charge in [-0.1, -0.05) is 0 Å². The summed E-state index contributed by atoms with van der Waals surface area (Å²) in [6, 6.07) is 1.03. The van der Waals surface area contributed by atoms with Crippen molar-refractivity contribution in [3.8, 4) is 0 Å². The highest BCUT2D eigenvalue weighted by atomic mass is 32.1. The molecule has 2 fully saturated rings. The van der Waals surface area contributed by atoms with Gasteiger partial charge in [0.15, 0.2) is 4.77 Å². The van der Waals surface area contributed by atoms with Crippen molar-refractivity contribution in [3.05, 3.63) is 11.1 Å². The first-order valence-electron chi connectivity index (χ1n) is 6.64. The first-order valence-corrected chi connectivity index (χ1v) is 7.05. The molecule has 1 saturated heterocycles. The second kappa shape index (κ2) is 4.75. The molecular formula is C12H20N4OS. The van der Waals surface area contributed by atoms with E-state index >= 15 is 0 Å². The van der Waals surface area contributed by atoms with Crippen LogP contribution in [-0.2, 0) is 11.4 Å². The van der Waals surface area contributed by atoms with E-state index in [1.54, 1.807) is 0 Å². The van der Waals surface area contributed by atoms with Gasteiger partial charge in [0, 0.05) is 18.6 Å². The molecule has 1 aliphatic carbocycles. The normalized spacial score (nSPS) is 29.7. The summed E-state index contributed by atoms with van der Waals surface area (Å²) in [5.41, 5.74) is 0. The SMILES string of the molecule is CC1CN(Cn2ncn(C3CC3)c2=S)C(C)CO1. The standard InChI is InChI=1S/C12H20N4OS/c1-9-6-17-10(2)5-14(9)8-16-12(18)15(7-13-16)11-3-4-11/h7,9-11H,3-6,8H2,1-2H3. The van der Waals surface area contributed by atoms with Gasteiger partial charge in [-0.05, 0) is 38.9 Å². The molecular weight excluding hydrogens is 248 g/mol. The molecule has 2 unspecified atom stereocenters. The van der Waals surface area contributed by atoms with Crippen LogP contribution in [0.5, 0.6) is 0 Å². The third kappa shape index (κ3) is 2.37. The van der Waals surface area contributed by atoms with Gasteiger partial charge in [-0.3, -0.25) is 4.90 Å². The Labute approximate surface area is 112 Å². The number of nitrogens with zero attached hydrogens (tertiary/aromatic N) is 4. The van der Waals surface area contributed by atoms with E-state index in [-0.39, 0.29) is 0 Å². The van der Waals surface area contributed by atoms with Crippen LogP contribution in [0, 0.1) is 4.77 Å². The quantitative estimate of drug-likeness (QED) is 0.783. The summed E-state index contributed by atoms with van der Waals surface area (Å²) in [6.07, 6.45) is 4.66. The number of morpholine rings is 1. The van der Waals surface area contributed by atoms with E-state index in [0.717, 1.165) is 24.6 Å². The fourth-order valence-electron chi connectivity index (χ4n) is 2.39. The molecule has 0 bridgehead atoms. The number of hydrogen-bond acceptors (Lipinski definition) is 4. The van der Waals surface area contributed by atoms with Gasteiger partial charge in [-0.2, -0.15) is 5.10 Å². The summed E-state index contributed by atoms with van der Waals surface area (Å²) in [5, 5.41) is 4.42. The summed E-state index contributed by atoms with van der Waals surface area (Å²) >= 11 is 5.48. The number of aromatic nitrogens is 3. The fourth-order valence-corrected chi connectivity index (χ4v) is 2.69. The van der Waals surface area contributed by atoms with Crippen molar-refractivity contribution >= 4 is 12.2 Å². The smallest absolute Gasteiger partial charge is 0.199 e. The van der Waals surface area contributed by atoms with E-state index in [1.165, 1.54) is 12.8 Å². The summed E-state index contributed by atoms with van der Waals surface area (Å²) in [5.74, 6) is 0. The Balaban J connectivity index is 1.73. The molecule has 0 spiro atoms. The molecule has 0 aromatic carbocycles. The largest absolute Gasteiger partial charge is 0.376 e. The van der Waals surface area contributed by atoms with Crippen LogP contribution in [0.3, 0.4) is 0 Å². The second-order valence-electron chi connectivity index (χ2n) is 5.46. The van der Waals surface area contributed by atoms with E-state index in [2.05, 4.69) is 28.4 Å². The van der Waals surface area contributed by atoms with Crippen molar-refractivity contribution in [3.63, 3.8) is 0 Å². The van der Waals surface area contributed by atoms with Crippen molar-refractivity contribution in [2.24, 2.45) is 0 Å². The summed E-state index contributed by atoms with van der Waals surface area (Å²) < 4.78 is 10.6. The topological polar surface area (TPSA) is 35.2 Å². The molecule has 1 aromatic heterocycles. The van der Waals surface area contributed by atoms with Crippen molar-refractivity contribution < 1.29 is 4.74 Å². The maximum atomic E-state index is 5.64. The Hall–Kier alpha value is -0.720. The third-order valence-electron chi connectivity index (χ3n) is 3.75. The minimum Gasteiger partial charge on any atom is -0.376 e. The molecule has 1 saturated carbocycles. The van der Waals surface area contributed by atoms with Gasteiger partial charge in [-0.15, -0.1) is 0 Å². The molecule has 3 rings (SSSR count). The molecule has 0 N–H and O–H groups in total. The highest BCUT2D eigenvalue weighted by molar-refractivity contribution is 7.71. The van der Waals surface area contributed by atoms with Gasteiger partial charge >= 0.3 is 0 Å². The Morgan fingerprint density at radius 1 is 1.44 bits per heavy atom. The van der Waals surface area contributed by atoms with E-state index in [1.807, 2.05) is 11.0 Å². The van der Waals surface area contributed by atoms with E-state index in [4.69, 9.17) is 17.0 Å². The minimum absolute atomic E-state index is 0.292. The lowest BCUT2D eigenvalue weighted by Crippen LogP contribution is -2.47. The average molecular weight is 268 g/mol. The third-order valence-corrected chi connectivity index (χ3v) is 4.17. The first kappa shape index (κ1) is 12.3. The lowest BCUT2D eigenvalue weighted by molar-refractivity contribution is -0.0625. The zero-order valence-electron chi connectivity index (χ0n) is 11.0. The molecule has 2 heterocycles. The molecule has 2 aliphatic rings. The van der Waals surface area contributed by atoms with E-state index in [9.17, 15) is 0 Å². The van der Waals surface area contributed by atoms with Crippen LogP contribution in [0.4, 0.5) is 0 Å². The van der Waals surface area contributed by atoms with Crippen LogP contribution in [0.15, 0.2) is 6.33 Å². The average Bonchev–Trinajstić information content (AvgIpc) is 3.11. The molecule has 2 atom stereocenters. The number of rotatable bonds is 3. The molecule has 6 heteroatoms. The lowest BCUT2D eigenvalue weighted by atomic mass is 10.2. The predicted molar refractivity (Wildman–Crippen MR) is 70.9 cm³/mol. The maximum Gasteiger partial charge on any atom is 0.199 e. The van der Waals surface area contributed by atoms with Gasteiger partial charge in [0.05, 0.1) is 19.4 Å². The van der Waals surface area contributed by atoms with Crippen LogP contribution in [0.2, 0.25) is 0 Å². The summed E-state index contributed by atoms with van der Waals surface area (Å²) in [6.45, 7) is 6.80. The highest BCUT2D eigenvalue weighted by Crippen LogP contribution is 2.34. The fraction of sp³-hybridized carbons (Fsp3) is 0.833. The van der Waals surface area contributed by atoms with E-state index in [0.29, 0.717) is 18.2 Å². The summed E-state index contributed by atoms with van der Waals surface area (Å²) in [4.78, 5) is 2.38. The Kier molecular flexibility index (Phi) is 3.25. The zero-order valence-corrected chi connectivity index (χ0v) is 11.8. The Morgan fingerprint density at radius 3 is 2.94 bits per heavy atom. The highest BCUT2D eigenvalue weighted by Gasteiger charge is 2.27. The molecule has 1 aromatic rings. The van der Waals surface area contributed by atoms with Crippen molar-refractivity contribution in [1.29, 1.82) is 0 Å². The van der Waals surface area contributed by atoms with Gasteiger partial charge in [0.2, 0.25) is 0 Å². The predicted octanol–water partition coefficient (Wildman–Crippen LogP) is 1.82. The number of ether oxygens (including phenoxy) is 1. The Bertz CT molecular complexity index is 479.